The van der Waals surface area contributed by atoms with Crippen molar-refractivity contribution in [1.82, 2.24) is 10.3 Å². The van der Waals surface area contributed by atoms with E-state index in [1.54, 1.807) is 6.07 Å². The zero-order valence-corrected chi connectivity index (χ0v) is 11.5. The number of carbonyl (C=O) groups is 1. The molecule has 0 spiro atoms. The molecular formula is C15H15ClN2O2. The van der Waals surface area contributed by atoms with Crippen molar-refractivity contribution < 1.29 is 9.90 Å². The summed E-state index contributed by atoms with van der Waals surface area (Å²) in [5, 5.41) is 12.6. The Balaban J connectivity index is 2.01. The average Bonchev–Trinajstić information content (AvgIpc) is 2.47. The fourth-order valence-electron chi connectivity index (χ4n) is 1.85. The Morgan fingerprint density at radius 3 is 2.70 bits per heavy atom. The lowest BCUT2D eigenvalue weighted by Crippen LogP contribution is -2.39. The quantitative estimate of drug-likeness (QED) is 0.886. The second-order valence-electron chi connectivity index (χ2n) is 4.40. The molecule has 20 heavy (non-hydrogen) atoms. The van der Waals surface area contributed by atoms with Gasteiger partial charge in [-0.1, -0.05) is 41.9 Å². The van der Waals surface area contributed by atoms with Gasteiger partial charge in [-0.25, -0.2) is 0 Å². The molecule has 0 aliphatic heterocycles. The third-order valence-corrected chi connectivity index (χ3v) is 3.07. The van der Waals surface area contributed by atoms with E-state index >= 15 is 0 Å². The van der Waals surface area contributed by atoms with E-state index in [0.717, 1.165) is 5.56 Å². The van der Waals surface area contributed by atoms with Crippen molar-refractivity contribution in [3.63, 3.8) is 0 Å². The number of hydrogen-bond acceptors (Lipinski definition) is 3. The monoisotopic (exact) mass is 290 g/mol. The first-order chi connectivity index (χ1) is 9.69. The van der Waals surface area contributed by atoms with Crippen LogP contribution in [0.25, 0.3) is 0 Å². The molecule has 5 heteroatoms. The summed E-state index contributed by atoms with van der Waals surface area (Å²) in [6.07, 6.45) is 2.03. The van der Waals surface area contributed by atoms with Gasteiger partial charge in [0.1, 0.15) is 5.69 Å². The fraction of sp³-hybridized carbons (Fsp3) is 0.200. The van der Waals surface area contributed by atoms with Gasteiger partial charge in [0.15, 0.2) is 0 Å². The summed E-state index contributed by atoms with van der Waals surface area (Å²) in [5.74, 6) is -0.345. The number of rotatable bonds is 5. The molecule has 0 radical (unpaired) electrons. The second kappa shape index (κ2) is 7.03. The largest absolute Gasteiger partial charge is 0.394 e. The molecule has 0 unspecified atom stereocenters. The lowest BCUT2D eigenvalue weighted by molar-refractivity contribution is 0.0911. The lowest BCUT2D eigenvalue weighted by atomic mass is 10.1. The maximum absolute atomic E-state index is 12.0. The number of nitrogens with zero attached hydrogens (tertiary/aromatic N) is 1. The number of pyridine rings is 1. The molecule has 2 rings (SSSR count). The molecule has 0 aliphatic carbocycles. The number of halogens is 1. The van der Waals surface area contributed by atoms with E-state index in [4.69, 9.17) is 11.6 Å². The van der Waals surface area contributed by atoms with Gasteiger partial charge in [-0.15, -0.1) is 0 Å². The molecule has 4 nitrogen and oxygen atoms in total. The molecule has 0 bridgehead atoms. The van der Waals surface area contributed by atoms with Gasteiger partial charge in [0.25, 0.3) is 5.91 Å². The summed E-state index contributed by atoms with van der Waals surface area (Å²) in [6, 6.07) is 12.4. The van der Waals surface area contributed by atoms with Crippen LogP contribution in [0.2, 0.25) is 5.02 Å². The van der Waals surface area contributed by atoms with E-state index < -0.39 is 0 Å². The molecule has 0 fully saturated rings. The summed E-state index contributed by atoms with van der Waals surface area (Å²) in [5.41, 5.74) is 1.29. The van der Waals surface area contributed by atoms with Crippen LogP contribution in [0.15, 0.2) is 48.7 Å². The number of amides is 1. The Morgan fingerprint density at radius 2 is 2.05 bits per heavy atom. The van der Waals surface area contributed by atoms with E-state index in [1.807, 2.05) is 30.3 Å². The van der Waals surface area contributed by atoms with Crippen LogP contribution in [0.4, 0.5) is 0 Å². The van der Waals surface area contributed by atoms with Crippen molar-refractivity contribution in [2.45, 2.75) is 12.5 Å². The SMILES string of the molecule is O=C(N[C@@H](CO)Cc1ccccc1)c1cc(Cl)ccn1. The Labute approximate surface area is 122 Å². The number of benzene rings is 1. The van der Waals surface area contributed by atoms with Crippen LogP contribution >= 0.6 is 11.6 Å². The molecule has 1 aromatic carbocycles. The van der Waals surface area contributed by atoms with Crippen molar-refractivity contribution in [3.05, 3.63) is 64.9 Å². The lowest BCUT2D eigenvalue weighted by Gasteiger charge is -2.16. The zero-order valence-electron chi connectivity index (χ0n) is 10.8. The van der Waals surface area contributed by atoms with Gasteiger partial charge in [-0.3, -0.25) is 9.78 Å². The van der Waals surface area contributed by atoms with Gasteiger partial charge in [-0.2, -0.15) is 0 Å². The van der Waals surface area contributed by atoms with E-state index in [9.17, 15) is 9.90 Å². The molecule has 1 atom stereocenters. The maximum atomic E-state index is 12.0. The van der Waals surface area contributed by atoms with Crippen LogP contribution in [0.3, 0.4) is 0 Å². The first-order valence-electron chi connectivity index (χ1n) is 6.26. The van der Waals surface area contributed by atoms with Crippen molar-refractivity contribution in [2.24, 2.45) is 0 Å². The Morgan fingerprint density at radius 1 is 1.30 bits per heavy atom. The van der Waals surface area contributed by atoms with E-state index in [-0.39, 0.29) is 24.2 Å². The highest BCUT2D eigenvalue weighted by atomic mass is 35.5. The summed E-state index contributed by atoms with van der Waals surface area (Å²) in [6.45, 7) is -0.138. The van der Waals surface area contributed by atoms with Crippen LogP contribution in [-0.2, 0) is 6.42 Å². The Kier molecular flexibility index (Phi) is 5.09. The van der Waals surface area contributed by atoms with Gasteiger partial charge in [0.2, 0.25) is 0 Å². The van der Waals surface area contributed by atoms with E-state index in [0.29, 0.717) is 11.4 Å². The fourth-order valence-corrected chi connectivity index (χ4v) is 2.01. The van der Waals surface area contributed by atoms with Crippen LogP contribution in [0, 0.1) is 0 Å². The van der Waals surface area contributed by atoms with Crippen molar-refractivity contribution >= 4 is 17.5 Å². The molecule has 2 aromatic rings. The first kappa shape index (κ1) is 14.5. The number of hydrogen-bond donors (Lipinski definition) is 2. The number of carbonyl (C=O) groups excluding carboxylic acids is 1. The zero-order chi connectivity index (χ0) is 14.4. The highest BCUT2D eigenvalue weighted by Gasteiger charge is 2.14. The summed E-state index contributed by atoms with van der Waals surface area (Å²) < 4.78 is 0. The standard InChI is InChI=1S/C15H15ClN2O2/c16-12-6-7-17-14(9-12)15(20)18-13(10-19)8-11-4-2-1-3-5-11/h1-7,9,13,19H,8,10H2,(H,18,20)/t13-/m1/s1. The minimum absolute atomic E-state index is 0.138. The minimum Gasteiger partial charge on any atom is -0.394 e. The van der Waals surface area contributed by atoms with Crippen LogP contribution < -0.4 is 5.32 Å². The average molecular weight is 291 g/mol. The van der Waals surface area contributed by atoms with E-state index in [1.165, 1.54) is 12.3 Å². The number of aliphatic hydroxyl groups is 1. The van der Waals surface area contributed by atoms with Gasteiger partial charge >= 0.3 is 0 Å². The van der Waals surface area contributed by atoms with E-state index in [2.05, 4.69) is 10.3 Å². The number of nitrogens with one attached hydrogen (secondary N) is 1. The molecule has 0 saturated heterocycles. The molecular weight excluding hydrogens is 276 g/mol. The molecule has 2 N–H and O–H groups in total. The molecule has 0 aliphatic rings. The van der Waals surface area contributed by atoms with Gasteiger partial charge in [0, 0.05) is 11.2 Å². The third-order valence-electron chi connectivity index (χ3n) is 2.84. The van der Waals surface area contributed by atoms with Gasteiger partial charge < -0.3 is 10.4 Å². The minimum atomic E-state index is -0.356. The predicted molar refractivity (Wildman–Crippen MR) is 77.7 cm³/mol. The first-order valence-corrected chi connectivity index (χ1v) is 6.64. The molecule has 104 valence electrons. The van der Waals surface area contributed by atoms with Gasteiger partial charge in [-0.05, 0) is 24.1 Å². The van der Waals surface area contributed by atoms with Crippen molar-refractivity contribution in [3.8, 4) is 0 Å². The Bertz CT molecular complexity index is 575. The third kappa shape index (κ3) is 4.05. The molecule has 1 amide bonds. The summed E-state index contributed by atoms with van der Waals surface area (Å²) in [4.78, 5) is 16.0. The van der Waals surface area contributed by atoms with Crippen molar-refractivity contribution in [1.29, 1.82) is 0 Å². The molecule has 0 saturated carbocycles. The van der Waals surface area contributed by atoms with Gasteiger partial charge in [0.05, 0.1) is 12.6 Å². The molecule has 1 heterocycles. The normalized spacial score (nSPS) is 11.9. The summed E-state index contributed by atoms with van der Waals surface area (Å²) >= 11 is 5.82. The Hall–Kier alpha value is -1.91. The van der Waals surface area contributed by atoms with Crippen LogP contribution in [0.5, 0.6) is 0 Å². The van der Waals surface area contributed by atoms with Crippen LogP contribution in [0.1, 0.15) is 16.1 Å². The molecule has 1 aromatic heterocycles. The van der Waals surface area contributed by atoms with Crippen molar-refractivity contribution in [2.75, 3.05) is 6.61 Å². The maximum Gasteiger partial charge on any atom is 0.270 e. The van der Waals surface area contributed by atoms with Crippen LogP contribution in [-0.4, -0.2) is 28.6 Å². The number of aliphatic hydroxyl groups excluding tert-OH is 1. The second-order valence-corrected chi connectivity index (χ2v) is 4.84. The highest BCUT2D eigenvalue weighted by molar-refractivity contribution is 6.30. The predicted octanol–water partition coefficient (Wildman–Crippen LogP) is 2.07. The topological polar surface area (TPSA) is 62.2 Å². The highest BCUT2D eigenvalue weighted by Crippen LogP contribution is 2.09. The summed E-state index contributed by atoms with van der Waals surface area (Å²) in [7, 11) is 0. The number of aromatic nitrogens is 1. The smallest absolute Gasteiger partial charge is 0.270 e.